The molecule has 0 aromatic carbocycles. The summed E-state index contributed by atoms with van der Waals surface area (Å²) in [7, 11) is -9.86. The quantitative estimate of drug-likeness (QED) is 0.373. The zero-order chi connectivity index (χ0) is 10.9. The molecule has 4 N–H and O–H groups in total. The van der Waals surface area contributed by atoms with Gasteiger partial charge in [0.25, 0.3) is 0 Å². The van der Waals surface area contributed by atoms with Gasteiger partial charge in [-0.25, -0.2) is 0 Å². The summed E-state index contributed by atoms with van der Waals surface area (Å²) in [5.74, 6) is 0. The molecule has 0 saturated heterocycles. The van der Waals surface area contributed by atoms with Crippen molar-refractivity contribution in [1.29, 1.82) is 0 Å². The standard InChI is InChI=1S/C4H10O6P2S/c1-2-3(13)4(11(5,6)7)12(8,9)10/h13H,2H2,1H3,(H2,5,6,7)(H2,8,9,10). The van der Waals surface area contributed by atoms with Crippen LogP contribution in [0.2, 0.25) is 0 Å². The Bertz CT molecular complexity index is 287. The second-order valence-corrected chi connectivity index (χ2v) is 6.18. The van der Waals surface area contributed by atoms with Crippen molar-refractivity contribution in [3.05, 3.63) is 9.96 Å². The first-order valence-corrected chi connectivity index (χ1v) is 6.82. The third kappa shape index (κ3) is 3.95. The predicted molar refractivity (Wildman–Crippen MR) is 50.4 cm³/mol. The van der Waals surface area contributed by atoms with Gasteiger partial charge >= 0.3 is 15.2 Å². The highest BCUT2D eigenvalue weighted by atomic mass is 32.1. The van der Waals surface area contributed by atoms with Crippen LogP contribution in [0.3, 0.4) is 0 Å². The van der Waals surface area contributed by atoms with Crippen molar-refractivity contribution >= 4 is 27.8 Å². The van der Waals surface area contributed by atoms with E-state index in [-0.39, 0.29) is 11.3 Å². The van der Waals surface area contributed by atoms with Crippen LogP contribution in [0.25, 0.3) is 0 Å². The Morgan fingerprint density at radius 3 is 1.54 bits per heavy atom. The zero-order valence-electron chi connectivity index (χ0n) is 6.65. The van der Waals surface area contributed by atoms with Gasteiger partial charge in [0.2, 0.25) is 0 Å². The SMILES string of the molecule is CCC(S)=C(P(=O)(O)O)P(=O)(O)O. The van der Waals surface area contributed by atoms with Crippen molar-refractivity contribution in [3.63, 3.8) is 0 Å². The Kier molecular flexibility index (Phi) is 4.40. The monoisotopic (exact) mass is 248 g/mol. The molecule has 0 rings (SSSR count). The van der Waals surface area contributed by atoms with Gasteiger partial charge in [-0.3, -0.25) is 9.13 Å². The van der Waals surface area contributed by atoms with E-state index in [0.717, 1.165) is 0 Å². The topological polar surface area (TPSA) is 115 Å². The van der Waals surface area contributed by atoms with E-state index >= 15 is 0 Å². The third-order valence-electron chi connectivity index (χ3n) is 1.14. The Balaban J connectivity index is 5.54. The van der Waals surface area contributed by atoms with Crippen molar-refractivity contribution in [2.24, 2.45) is 0 Å². The second-order valence-electron chi connectivity index (χ2n) is 2.21. The number of thiol groups is 1. The molecule has 0 aliphatic carbocycles. The molecule has 78 valence electrons. The van der Waals surface area contributed by atoms with Gasteiger partial charge in [-0.15, -0.1) is 12.6 Å². The van der Waals surface area contributed by atoms with Crippen LogP contribution >= 0.6 is 27.8 Å². The molecule has 9 heteroatoms. The fraction of sp³-hybridized carbons (Fsp3) is 0.500. The molecule has 0 saturated carbocycles. The summed E-state index contributed by atoms with van der Waals surface area (Å²) in [5, 5.41) is -1.19. The van der Waals surface area contributed by atoms with E-state index in [0.29, 0.717) is 0 Å². The van der Waals surface area contributed by atoms with Crippen molar-refractivity contribution in [3.8, 4) is 0 Å². The summed E-state index contributed by atoms with van der Waals surface area (Å²) in [4.78, 5) is 34.2. The van der Waals surface area contributed by atoms with Gasteiger partial charge in [0.15, 0.2) is 5.06 Å². The van der Waals surface area contributed by atoms with Crippen LogP contribution in [0.15, 0.2) is 9.96 Å². The lowest BCUT2D eigenvalue weighted by Crippen LogP contribution is -1.91. The largest absolute Gasteiger partial charge is 0.365 e. The Hall–Kier alpha value is 0.390. The summed E-state index contributed by atoms with van der Waals surface area (Å²) < 4.78 is 21.3. The lowest BCUT2D eigenvalue weighted by atomic mass is 10.5. The molecule has 0 unspecified atom stereocenters. The highest BCUT2D eigenvalue weighted by molar-refractivity contribution is 7.87. The first-order valence-electron chi connectivity index (χ1n) is 3.15. The number of allylic oxidation sites excluding steroid dienone is 1. The molecule has 0 aliphatic heterocycles. The number of rotatable bonds is 3. The summed E-state index contributed by atoms with van der Waals surface area (Å²) in [6, 6.07) is 0. The number of hydrogen-bond acceptors (Lipinski definition) is 3. The molecule has 0 bridgehead atoms. The molecule has 0 aromatic rings. The van der Waals surface area contributed by atoms with Gasteiger partial charge in [0.05, 0.1) is 0 Å². The van der Waals surface area contributed by atoms with E-state index in [2.05, 4.69) is 12.6 Å². The maximum atomic E-state index is 10.7. The summed E-state index contributed by atoms with van der Waals surface area (Å²) in [5.41, 5.74) is 0. The van der Waals surface area contributed by atoms with Gasteiger partial charge in [0.1, 0.15) is 0 Å². The van der Waals surface area contributed by atoms with Crippen LogP contribution in [-0.4, -0.2) is 19.6 Å². The summed E-state index contributed by atoms with van der Waals surface area (Å²) >= 11 is 3.61. The van der Waals surface area contributed by atoms with Gasteiger partial charge in [-0.2, -0.15) is 0 Å². The smallest absolute Gasteiger partial charge is 0.321 e. The van der Waals surface area contributed by atoms with E-state index in [1.807, 2.05) is 0 Å². The molecule has 0 atom stereocenters. The van der Waals surface area contributed by atoms with E-state index in [1.54, 1.807) is 0 Å². The van der Waals surface area contributed by atoms with Crippen LogP contribution in [0.5, 0.6) is 0 Å². The molecule has 0 spiro atoms. The van der Waals surface area contributed by atoms with Crippen molar-refractivity contribution in [1.82, 2.24) is 0 Å². The van der Waals surface area contributed by atoms with Gasteiger partial charge in [-0.1, -0.05) is 6.92 Å². The highest BCUT2D eigenvalue weighted by Gasteiger charge is 2.38. The normalized spacial score (nSPS) is 12.8. The average Bonchev–Trinajstić information content (AvgIpc) is 1.80. The van der Waals surface area contributed by atoms with Crippen molar-refractivity contribution in [2.75, 3.05) is 0 Å². The lowest BCUT2D eigenvalue weighted by Gasteiger charge is -2.12. The third-order valence-corrected chi connectivity index (χ3v) is 5.24. The minimum atomic E-state index is -4.93. The Morgan fingerprint density at radius 1 is 1.15 bits per heavy atom. The molecule has 0 amide bonds. The van der Waals surface area contributed by atoms with E-state index in [9.17, 15) is 9.13 Å². The lowest BCUT2D eigenvalue weighted by molar-refractivity contribution is 0.367. The average molecular weight is 248 g/mol. The van der Waals surface area contributed by atoms with Crippen LogP contribution in [0, 0.1) is 0 Å². The molecule has 0 aliphatic rings. The van der Waals surface area contributed by atoms with Crippen LogP contribution in [0.1, 0.15) is 13.3 Å². The molecule has 6 nitrogen and oxygen atoms in total. The molecule has 0 fully saturated rings. The fourth-order valence-electron chi connectivity index (χ4n) is 0.664. The van der Waals surface area contributed by atoms with E-state index in [4.69, 9.17) is 19.6 Å². The maximum absolute atomic E-state index is 10.7. The minimum Gasteiger partial charge on any atom is -0.321 e. The summed E-state index contributed by atoms with van der Waals surface area (Å²) in [6.07, 6.45) is 0.0503. The van der Waals surface area contributed by atoms with Crippen LogP contribution in [0.4, 0.5) is 0 Å². The molecule has 0 aromatic heterocycles. The van der Waals surface area contributed by atoms with Crippen LogP contribution < -0.4 is 0 Å². The molecular weight excluding hydrogens is 238 g/mol. The highest BCUT2D eigenvalue weighted by Crippen LogP contribution is 2.65. The Morgan fingerprint density at radius 2 is 1.46 bits per heavy atom. The van der Waals surface area contributed by atoms with Gasteiger partial charge < -0.3 is 19.6 Å². The second kappa shape index (κ2) is 4.28. The van der Waals surface area contributed by atoms with Crippen LogP contribution in [-0.2, 0) is 9.13 Å². The molecule has 0 radical (unpaired) electrons. The van der Waals surface area contributed by atoms with E-state index in [1.165, 1.54) is 6.92 Å². The fourth-order valence-corrected chi connectivity index (χ4v) is 3.79. The summed E-state index contributed by atoms with van der Waals surface area (Å²) in [6.45, 7) is 1.48. The number of hydrogen-bond donors (Lipinski definition) is 5. The molecule has 0 heterocycles. The van der Waals surface area contributed by atoms with Gasteiger partial charge in [-0.05, 0) is 6.42 Å². The van der Waals surface area contributed by atoms with Crippen molar-refractivity contribution in [2.45, 2.75) is 13.3 Å². The Labute approximate surface area is 80.4 Å². The van der Waals surface area contributed by atoms with Gasteiger partial charge in [0, 0.05) is 4.91 Å². The first kappa shape index (κ1) is 13.4. The maximum Gasteiger partial charge on any atom is 0.365 e. The molecule has 13 heavy (non-hydrogen) atoms. The minimum absolute atomic E-state index is 0.0503. The van der Waals surface area contributed by atoms with Crippen molar-refractivity contribution < 1.29 is 28.7 Å². The van der Waals surface area contributed by atoms with E-state index < -0.39 is 20.2 Å². The zero-order valence-corrected chi connectivity index (χ0v) is 9.34. The first-order chi connectivity index (χ1) is 5.60. The molecular formula is C4H10O6P2S. The predicted octanol–water partition coefficient (Wildman–Crippen LogP) is 0.851.